The van der Waals surface area contributed by atoms with Crippen LogP contribution in [0.4, 0.5) is 0 Å². The van der Waals surface area contributed by atoms with E-state index in [-0.39, 0.29) is 24.8 Å². The predicted molar refractivity (Wildman–Crippen MR) is 53.9 cm³/mol. The quantitative estimate of drug-likeness (QED) is 0.419. The standard InChI is InChI=1S/C11H8N2.2ClH/c1-9-8-13-7-4-11(9)10-2-5-12-6-3-10;;/h2-5,7H,1H3;2*1H/q+2;;/p-2. The monoisotopic (exact) mass is 238 g/mol. The van der Waals surface area contributed by atoms with Crippen LogP contribution in [0.15, 0.2) is 57.3 Å². The Labute approximate surface area is 102 Å². The molecule has 0 fully saturated rings. The van der Waals surface area contributed by atoms with Crippen molar-refractivity contribution in [3.05, 3.63) is 47.3 Å². The first-order valence-electron chi connectivity index (χ1n) is 4.03. The molecule has 0 unspecified atom stereocenters. The van der Waals surface area contributed by atoms with Crippen LogP contribution in [0, 0.1) is 0 Å². The summed E-state index contributed by atoms with van der Waals surface area (Å²) >= 11 is 0. The van der Waals surface area contributed by atoms with Crippen molar-refractivity contribution in [1.29, 1.82) is 0 Å². The van der Waals surface area contributed by atoms with E-state index >= 15 is 0 Å². The predicted octanol–water partition coefficient (Wildman–Crippen LogP) is -3.81. The first-order chi connectivity index (χ1) is 6.38. The summed E-state index contributed by atoms with van der Waals surface area (Å²) < 4.78 is 0. The number of nitrogens with zero attached hydrogens (tertiary/aromatic N) is 2. The number of hydrogen-bond donors (Lipinski definition) is 0. The van der Waals surface area contributed by atoms with E-state index in [0.717, 1.165) is 16.7 Å². The van der Waals surface area contributed by atoms with Crippen LogP contribution < -0.4 is 24.8 Å². The molecule has 2 heterocycles. The normalized spacial score (nSPS) is 15.9. The van der Waals surface area contributed by atoms with Gasteiger partial charge in [-0.15, -0.1) is 0 Å². The molecule has 0 amide bonds. The lowest BCUT2D eigenvalue weighted by atomic mass is 9.99. The maximum absolute atomic E-state index is 3.92. The molecule has 0 saturated carbocycles. The maximum atomic E-state index is 3.92. The van der Waals surface area contributed by atoms with Crippen molar-refractivity contribution in [2.24, 2.45) is 9.98 Å². The Morgan fingerprint density at radius 3 is 2.40 bits per heavy atom. The second kappa shape index (κ2) is 6.23. The van der Waals surface area contributed by atoms with Gasteiger partial charge in [0.15, 0.2) is 29.1 Å². The highest BCUT2D eigenvalue weighted by Crippen LogP contribution is 2.20. The third-order valence-electron chi connectivity index (χ3n) is 1.89. The number of halogens is 2. The van der Waals surface area contributed by atoms with Crippen molar-refractivity contribution in [2.75, 3.05) is 0 Å². The minimum absolute atomic E-state index is 0. The second-order valence-corrected chi connectivity index (χ2v) is 2.77. The molecule has 4 heteroatoms. The van der Waals surface area contributed by atoms with Crippen LogP contribution in [-0.4, -0.2) is 12.4 Å². The molecule has 2 nitrogen and oxygen atoms in total. The van der Waals surface area contributed by atoms with E-state index in [4.69, 9.17) is 0 Å². The van der Waals surface area contributed by atoms with Crippen LogP contribution in [0.3, 0.4) is 0 Å². The Hall–Kier alpha value is -1.30. The molecule has 0 aromatic rings. The SMILES string of the molecule is CC1=C(C2=C[C+]=NC=C2)C=CN=[C+]1.[Cl-].[Cl-]. The fourth-order valence-electron chi connectivity index (χ4n) is 1.23. The third kappa shape index (κ3) is 3.09. The van der Waals surface area contributed by atoms with Crippen molar-refractivity contribution in [1.82, 2.24) is 0 Å². The average Bonchev–Trinajstić information content (AvgIpc) is 2.20. The number of aliphatic imine (C=N–C) groups is 2. The summed E-state index contributed by atoms with van der Waals surface area (Å²) in [6, 6.07) is 0. The van der Waals surface area contributed by atoms with Gasteiger partial charge in [0.05, 0.1) is 12.2 Å². The molecule has 0 N–H and O–H groups in total. The molecule has 0 aromatic carbocycles. The zero-order valence-corrected chi connectivity index (χ0v) is 9.55. The summed E-state index contributed by atoms with van der Waals surface area (Å²) in [5, 5.41) is 0. The fourth-order valence-corrected chi connectivity index (χ4v) is 1.23. The topological polar surface area (TPSA) is 24.7 Å². The number of rotatable bonds is 1. The smallest absolute Gasteiger partial charge is 0.161 e. The number of allylic oxidation sites excluding steroid dienone is 6. The molecule has 2 aliphatic heterocycles. The Morgan fingerprint density at radius 1 is 1.07 bits per heavy atom. The summed E-state index contributed by atoms with van der Waals surface area (Å²) in [7, 11) is 0. The highest BCUT2D eigenvalue weighted by Gasteiger charge is 2.20. The Morgan fingerprint density at radius 2 is 1.80 bits per heavy atom. The van der Waals surface area contributed by atoms with Crippen molar-refractivity contribution < 1.29 is 24.8 Å². The van der Waals surface area contributed by atoms with Gasteiger partial charge in [-0.25, -0.2) is 0 Å². The molecule has 0 radical (unpaired) electrons. The highest BCUT2D eigenvalue weighted by atomic mass is 35.5. The van der Waals surface area contributed by atoms with Crippen LogP contribution in [0.2, 0.25) is 0 Å². The van der Waals surface area contributed by atoms with Crippen LogP contribution in [-0.2, 0) is 0 Å². The van der Waals surface area contributed by atoms with Gasteiger partial charge in [-0.2, -0.15) is 0 Å². The van der Waals surface area contributed by atoms with E-state index in [1.165, 1.54) is 0 Å². The van der Waals surface area contributed by atoms with Gasteiger partial charge in [-0.1, -0.05) is 9.98 Å². The summed E-state index contributed by atoms with van der Waals surface area (Å²) in [4.78, 5) is 7.77. The molecule has 2 aliphatic rings. The lowest BCUT2D eigenvalue weighted by molar-refractivity contribution is -0.00100. The Balaban J connectivity index is 0.000000980. The molecular weight excluding hydrogens is 231 g/mol. The minimum Gasteiger partial charge on any atom is -1.00 e. The molecular formula is C11H8Cl2N2. The van der Waals surface area contributed by atoms with Gasteiger partial charge in [0, 0.05) is 0 Å². The molecule has 0 atom stereocenters. The van der Waals surface area contributed by atoms with E-state index in [2.05, 4.69) is 22.4 Å². The minimum atomic E-state index is 0. The molecule has 15 heavy (non-hydrogen) atoms. The van der Waals surface area contributed by atoms with Gasteiger partial charge in [-0.05, 0) is 6.92 Å². The summed E-state index contributed by atoms with van der Waals surface area (Å²) in [5.74, 6) is 0. The van der Waals surface area contributed by atoms with E-state index < -0.39 is 0 Å². The average molecular weight is 239 g/mol. The Bertz CT molecular complexity index is 399. The van der Waals surface area contributed by atoms with Crippen LogP contribution in [0.1, 0.15) is 6.92 Å². The first-order valence-corrected chi connectivity index (χ1v) is 4.03. The highest BCUT2D eigenvalue weighted by molar-refractivity contribution is 5.86. The zero-order valence-electron chi connectivity index (χ0n) is 8.04. The van der Waals surface area contributed by atoms with Gasteiger partial charge in [0.25, 0.3) is 0 Å². The van der Waals surface area contributed by atoms with Crippen LogP contribution >= 0.6 is 0 Å². The van der Waals surface area contributed by atoms with E-state index in [1.54, 1.807) is 12.4 Å². The van der Waals surface area contributed by atoms with Gasteiger partial charge in [0.2, 0.25) is 0 Å². The third-order valence-corrected chi connectivity index (χ3v) is 1.89. The zero-order chi connectivity index (χ0) is 9.10. The molecule has 0 bridgehead atoms. The van der Waals surface area contributed by atoms with Crippen LogP contribution in [0.25, 0.3) is 0 Å². The van der Waals surface area contributed by atoms with E-state index in [9.17, 15) is 0 Å². The fraction of sp³-hybridized carbons (Fsp3) is 0.0909. The second-order valence-electron chi connectivity index (χ2n) is 2.77. The Kier molecular flexibility index (Phi) is 5.69. The molecule has 0 spiro atoms. The molecule has 76 valence electrons. The summed E-state index contributed by atoms with van der Waals surface area (Å²) in [6.07, 6.45) is 15.0. The summed E-state index contributed by atoms with van der Waals surface area (Å²) in [6.45, 7) is 1.99. The molecule has 0 saturated heterocycles. The molecule has 0 aliphatic carbocycles. The van der Waals surface area contributed by atoms with Crippen molar-refractivity contribution in [3.63, 3.8) is 0 Å². The van der Waals surface area contributed by atoms with Gasteiger partial charge in [-0.3, -0.25) is 0 Å². The van der Waals surface area contributed by atoms with Crippen molar-refractivity contribution in [3.8, 4) is 0 Å². The van der Waals surface area contributed by atoms with Gasteiger partial charge >= 0.3 is 0 Å². The van der Waals surface area contributed by atoms with Gasteiger partial charge in [0.1, 0.15) is 18.5 Å². The lowest BCUT2D eigenvalue weighted by Gasteiger charge is -1.93. The number of hydrogen-bond acceptors (Lipinski definition) is 2. The maximum Gasteiger partial charge on any atom is 0.161 e. The molecule has 2 rings (SSSR count). The van der Waals surface area contributed by atoms with E-state index in [1.807, 2.05) is 25.2 Å². The van der Waals surface area contributed by atoms with Gasteiger partial charge < -0.3 is 24.8 Å². The largest absolute Gasteiger partial charge is 1.00 e. The van der Waals surface area contributed by atoms with Crippen molar-refractivity contribution >= 4 is 12.4 Å². The first kappa shape index (κ1) is 13.7. The van der Waals surface area contributed by atoms with E-state index in [0.29, 0.717) is 0 Å². The van der Waals surface area contributed by atoms with Crippen molar-refractivity contribution in [2.45, 2.75) is 6.92 Å². The molecule has 0 aromatic heterocycles. The summed E-state index contributed by atoms with van der Waals surface area (Å²) in [5.41, 5.74) is 3.28. The van der Waals surface area contributed by atoms with Crippen LogP contribution in [0.5, 0.6) is 0 Å². The lowest BCUT2D eigenvalue weighted by Crippen LogP contribution is -3.00.